The summed E-state index contributed by atoms with van der Waals surface area (Å²) in [6.45, 7) is 2.52. The summed E-state index contributed by atoms with van der Waals surface area (Å²) in [6.07, 6.45) is 3.31. The van der Waals surface area contributed by atoms with Gasteiger partial charge >= 0.3 is 0 Å². The molecular weight excluding hydrogens is 180 g/mol. The molecule has 14 heavy (non-hydrogen) atoms. The first-order chi connectivity index (χ1) is 6.75. The van der Waals surface area contributed by atoms with Crippen molar-refractivity contribution in [2.45, 2.75) is 6.92 Å². The Bertz CT molecular complexity index is 287. The maximum atomic E-state index is 11.5. The van der Waals surface area contributed by atoms with Gasteiger partial charge in [-0.3, -0.25) is 9.78 Å². The second-order valence-corrected chi connectivity index (χ2v) is 2.80. The molecule has 0 radical (unpaired) electrons. The van der Waals surface area contributed by atoms with E-state index in [2.05, 4.69) is 4.98 Å². The van der Waals surface area contributed by atoms with E-state index in [1.165, 1.54) is 4.90 Å². The molecule has 4 nitrogen and oxygen atoms in total. The number of pyridine rings is 1. The summed E-state index contributed by atoms with van der Waals surface area (Å²) in [5.74, 6) is -0.0696. The van der Waals surface area contributed by atoms with E-state index in [9.17, 15) is 4.79 Å². The van der Waals surface area contributed by atoms with Crippen LogP contribution in [-0.4, -0.2) is 31.2 Å². The summed E-state index contributed by atoms with van der Waals surface area (Å²) >= 11 is 0. The molecule has 0 aromatic carbocycles. The number of nitrogens with zero attached hydrogens (tertiary/aromatic N) is 2. The van der Waals surface area contributed by atoms with Crippen LogP contribution in [-0.2, 0) is 9.53 Å². The molecule has 1 rings (SSSR count). The van der Waals surface area contributed by atoms with Crippen LogP contribution in [0.5, 0.6) is 0 Å². The Morgan fingerprint density at radius 2 is 2.43 bits per heavy atom. The fraction of sp³-hybridized carbons (Fsp3) is 0.400. The molecule has 0 saturated heterocycles. The van der Waals surface area contributed by atoms with Gasteiger partial charge in [-0.05, 0) is 19.1 Å². The van der Waals surface area contributed by atoms with Crippen molar-refractivity contribution in [3.8, 4) is 0 Å². The third kappa shape index (κ3) is 2.81. The Hall–Kier alpha value is -1.42. The smallest absolute Gasteiger partial charge is 0.252 e. The summed E-state index contributed by atoms with van der Waals surface area (Å²) in [6, 6.07) is 3.62. The highest BCUT2D eigenvalue weighted by Crippen LogP contribution is 2.08. The third-order valence-corrected chi connectivity index (χ3v) is 1.84. The Morgan fingerprint density at radius 3 is 3.00 bits per heavy atom. The quantitative estimate of drug-likeness (QED) is 0.720. The van der Waals surface area contributed by atoms with Crippen LogP contribution in [0.2, 0.25) is 0 Å². The number of rotatable bonds is 4. The van der Waals surface area contributed by atoms with E-state index in [-0.39, 0.29) is 12.5 Å². The maximum absolute atomic E-state index is 11.5. The van der Waals surface area contributed by atoms with E-state index in [1.54, 1.807) is 25.5 Å². The number of likely N-dealkylation sites (N-methyl/N-ethyl adjacent to an activating group) is 1. The van der Waals surface area contributed by atoms with Crippen LogP contribution < -0.4 is 4.90 Å². The average molecular weight is 194 g/mol. The molecule has 0 spiro atoms. The number of aromatic nitrogens is 1. The minimum absolute atomic E-state index is 0.0696. The van der Waals surface area contributed by atoms with Gasteiger partial charge in [0.1, 0.15) is 6.61 Å². The third-order valence-electron chi connectivity index (χ3n) is 1.84. The highest BCUT2D eigenvalue weighted by Gasteiger charge is 2.09. The Balaban J connectivity index is 2.57. The van der Waals surface area contributed by atoms with E-state index < -0.39 is 0 Å². The van der Waals surface area contributed by atoms with Crippen LogP contribution in [0.4, 0.5) is 5.69 Å². The SMILES string of the molecule is CCOCC(=O)N(C)c1cccnc1. The van der Waals surface area contributed by atoms with Crippen molar-refractivity contribution < 1.29 is 9.53 Å². The van der Waals surface area contributed by atoms with Crippen molar-refractivity contribution in [2.75, 3.05) is 25.2 Å². The first-order valence-corrected chi connectivity index (χ1v) is 4.50. The maximum Gasteiger partial charge on any atom is 0.252 e. The van der Waals surface area contributed by atoms with Gasteiger partial charge in [-0.25, -0.2) is 0 Å². The van der Waals surface area contributed by atoms with E-state index in [4.69, 9.17) is 4.74 Å². The van der Waals surface area contributed by atoms with Gasteiger partial charge in [-0.1, -0.05) is 0 Å². The summed E-state index contributed by atoms with van der Waals surface area (Å²) < 4.78 is 5.03. The fourth-order valence-corrected chi connectivity index (χ4v) is 0.982. The Labute approximate surface area is 83.5 Å². The molecule has 1 aromatic rings. The van der Waals surface area contributed by atoms with E-state index >= 15 is 0 Å². The highest BCUT2D eigenvalue weighted by molar-refractivity contribution is 5.93. The average Bonchev–Trinajstić information content (AvgIpc) is 2.26. The zero-order valence-corrected chi connectivity index (χ0v) is 8.43. The van der Waals surface area contributed by atoms with Gasteiger partial charge in [0.15, 0.2) is 0 Å². The van der Waals surface area contributed by atoms with Crippen LogP contribution >= 0.6 is 0 Å². The summed E-state index contributed by atoms with van der Waals surface area (Å²) in [4.78, 5) is 16.9. The molecule has 0 aliphatic heterocycles. The molecule has 4 heteroatoms. The van der Waals surface area contributed by atoms with Crippen molar-refractivity contribution in [3.63, 3.8) is 0 Å². The number of amides is 1. The zero-order valence-electron chi connectivity index (χ0n) is 8.43. The van der Waals surface area contributed by atoms with Crippen LogP contribution in [0.3, 0.4) is 0 Å². The molecule has 1 aromatic heterocycles. The van der Waals surface area contributed by atoms with Gasteiger partial charge in [0, 0.05) is 19.9 Å². The van der Waals surface area contributed by atoms with Crippen molar-refractivity contribution in [2.24, 2.45) is 0 Å². The number of carbonyl (C=O) groups excluding carboxylic acids is 1. The second-order valence-electron chi connectivity index (χ2n) is 2.80. The normalized spacial score (nSPS) is 9.86. The lowest BCUT2D eigenvalue weighted by Gasteiger charge is -2.16. The first kappa shape index (κ1) is 10.7. The minimum atomic E-state index is -0.0696. The fourth-order valence-electron chi connectivity index (χ4n) is 0.982. The molecule has 0 bridgehead atoms. The predicted molar refractivity (Wildman–Crippen MR) is 54.1 cm³/mol. The standard InChI is InChI=1S/C10H14N2O2/c1-3-14-8-10(13)12(2)9-5-4-6-11-7-9/h4-7H,3,8H2,1-2H3. The van der Waals surface area contributed by atoms with Gasteiger partial charge in [0.25, 0.3) is 5.91 Å². The Morgan fingerprint density at radius 1 is 1.64 bits per heavy atom. The van der Waals surface area contributed by atoms with Gasteiger partial charge in [0.05, 0.1) is 11.9 Å². The molecule has 0 fully saturated rings. The van der Waals surface area contributed by atoms with Crippen molar-refractivity contribution >= 4 is 11.6 Å². The summed E-state index contributed by atoms with van der Waals surface area (Å²) in [7, 11) is 1.71. The molecular formula is C10H14N2O2. The molecule has 0 saturated carbocycles. The zero-order chi connectivity index (χ0) is 10.4. The molecule has 1 amide bonds. The monoisotopic (exact) mass is 194 g/mol. The van der Waals surface area contributed by atoms with Crippen LogP contribution in [0.15, 0.2) is 24.5 Å². The lowest BCUT2D eigenvalue weighted by Crippen LogP contribution is -2.30. The van der Waals surface area contributed by atoms with E-state index in [0.717, 1.165) is 5.69 Å². The molecule has 0 aliphatic rings. The predicted octanol–water partition coefficient (Wildman–Crippen LogP) is 1.08. The van der Waals surface area contributed by atoms with Gasteiger partial charge in [-0.2, -0.15) is 0 Å². The lowest BCUT2D eigenvalue weighted by atomic mass is 10.4. The number of hydrogen-bond acceptors (Lipinski definition) is 3. The minimum Gasteiger partial charge on any atom is -0.372 e. The van der Waals surface area contributed by atoms with Gasteiger partial charge in [0.2, 0.25) is 0 Å². The molecule has 0 aliphatic carbocycles. The molecule has 0 unspecified atom stereocenters. The Kier molecular flexibility index (Phi) is 4.07. The molecule has 1 heterocycles. The number of hydrogen-bond donors (Lipinski definition) is 0. The van der Waals surface area contributed by atoms with Crippen molar-refractivity contribution in [1.82, 2.24) is 4.98 Å². The van der Waals surface area contributed by atoms with E-state index in [0.29, 0.717) is 6.61 Å². The van der Waals surface area contributed by atoms with Crippen LogP contribution in [0, 0.1) is 0 Å². The largest absolute Gasteiger partial charge is 0.372 e. The molecule has 0 N–H and O–H groups in total. The second kappa shape index (κ2) is 5.34. The van der Waals surface area contributed by atoms with E-state index in [1.807, 2.05) is 13.0 Å². The lowest BCUT2D eigenvalue weighted by molar-refractivity contribution is -0.122. The van der Waals surface area contributed by atoms with Crippen LogP contribution in [0.25, 0.3) is 0 Å². The van der Waals surface area contributed by atoms with Gasteiger partial charge in [-0.15, -0.1) is 0 Å². The number of ether oxygens (including phenoxy) is 1. The highest BCUT2D eigenvalue weighted by atomic mass is 16.5. The molecule has 76 valence electrons. The van der Waals surface area contributed by atoms with Crippen molar-refractivity contribution in [1.29, 1.82) is 0 Å². The van der Waals surface area contributed by atoms with Crippen molar-refractivity contribution in [3.05, 3.63) is 24.5 Å². The number of anilines is 1. The number of carbonyl (C=O) groups is 1. The molecule has 0 atom stereocenters. The van der Waals surface area contributed by atoms with Gasteiger partial charge < -0.3 is 9.64 Å². The van der Waals surface area contributed by atoms with Crippen LogP contribution in [0.1, 0.15) is 6.92 Å². The first-order valence-electron chi connectivity index (χ1n) is 4.50. The summed E-state index contributed by atoms with van der Waals surface area (Å²) in [5, 5.41) is 0. The summed E-state index contributed by atoms with van der Waals surface area (Å²) in [5.41, 5.74) is 0.775. The topological polar surface area (TPSA) is 42.4 Å².